The van der Waals surface area contributed by atoms with E-state index in [2.05, 4.69) is 10.2 Å². The number of benzene rings is 1. The first-order chi connectivity index (χ1) is 9.35. The minimum Gasteiger partial charge on any atom is -0.496 e. The lowest BCUT2D eigenvalue weighted by Gasteiger charge is -2.18. The summed E-state index contributed by atoms with van der Waals surface area (Å²) < 4.78 is 45.7. The fourth-order valence-electron chi connectivity index (χ4n) is 1.66. The van der Waals surface area contributed by atoms with Crippen LogP contribution in [0, 0.1) is 0 Å². The Morgan fingerprint density at radius 1 is 1.40 bits per heavy atom. The molecule has 1 aromatic rings. The molecule has 1 rings (SSSR count). The molecule has 0 saturated heterocycles. The molecule has 8 heteroatoms. The fourth-order valence-corrected chi connectivity index (χ4v) is 1.85. The summed E-state index contributed by atoms with van der Waals surface area (Å²) in [6, 6.07) is 4.54. The predicted molar refractivity (Wildman–Crippen MR) is 69.7 cm³/mol. The van der Waals surface area contributed by atoms with E-state index in [9.17, 15) is 13.2 Å². The van der Waals surface area contributed by atoms with Gasteiger partial charge < -0.3 is 9.47 Å². The maximum Gasteiger partial charge on any atom is 0.411 e. The number of nitrogens with one attached hydrogen (secondary N) is 1. The maximum absolute atomic E-state index is 12.0. The van der Waals surface area contributed by atoms with Gasteiger partial charge in [-0.05, 0) is 30.2 Å². The van der Waals surface area contributed by atoms with Crippen LogP contribution in [-0.2, 0) is 11.2 Å². The van der Waals surface area contributed by atoms with Crippen molar-refractivity contribution in [3.63, 3.8) is 0 Å². The molecule has 0 fully saturated rings. The highest BCUT2D eigenvalue weighted by atomic mass is 35.5. The Bertz CT molecular complexity index is 430. The topological polar surface area (TPSA) is 56.5 Å². The number of alkyl halides is 3. The lowest BCUT2D eigenvalue weighted by atomic mass is 10.1. The second-order valence-electron chi connectivity index (χ2n) is 4.15. The number of rotatable bonds is 7. The van der Waals surface area contributed by atoms with E-state index < -0.39 is 18.8 Å². The Morgan fingerprint density at radius 2 is 2.10 bits per heavy atom. The first-order valence-electron chi connectivity index (χ1n) is 5.78. The first-order valence-corrected chi connectivity index (χ1v) is 6.16. The minimum atomic E-state index is -4.35. The van der Waals surface area contributed by atoms with Crippen molar-refractivity contribution >= 4 is 11.6 Å². The molecule has 1 unspecified atom stereocenters. The Balaban J connectivity index is 2.62. The number of hydrazine groups is 1. The Labute approximate surface area is 120 Å². The van der Waals surface area contributed by atoms with Crippen LogP contribution < -0.4 is 16.0 Å². The second kappa shape index (κ2) is 7.68. The first kappa shape index (κ1) is 17.0. The molecule has 1 atom stereocenters. The molecule has 20 heavy (non-hydrogen) atoms. The lowest BCUT2D eigenvalue weighted by Crippen LogP contribution is -2.41. The van der Waals surface area contributed by atoms with E-state index in [4.69, 9.17) is 22.2 Å². The van der Waals surface area contributed by atoms with E-state index >= 15 is 0 Å². The van der Waals surface area contributed by atoms with Crippen LogP contribution in [-0.4, -0.2) is 32.5 Å². The minimum absolute atomic E-state index is 0.175. The van der Waals surface area contributed by atoms with E-state index in [0.29, 0.717) is 17.2 Å². The number of methoxy groups -OCH3 is 1. The average molecular weight is 313 g/mol. The van der Waals surface area contributed by atoms with Crippen LogP contribution in [0.5, 0.6) is 5.75 Å². The Kier molecular flexibility index (Phi) is 6.54. The smallest absolute Gasteiger partial charge is 0.411 e. The number of halogens is 4. The highest BCUT2D eigenvalue weighted by Crippen LogP contribution is 2.24. The van der Waals surface area contributed by atoms with Gasteiger partial charge in [0.2, 0.25) is 0 Å². The predicted octanol–water partition coefficient (Wildman–Crippen LogP) is 2.30. The average Bonchev–Trinajstić information content (AvgIpc) is 2.36. The molecular weight excluding hydrogens is 297 g/mol. The van der Waals surface area contributed by atoms with E-state index in [0.717, 1.165) is 5.56 Å². The summed E-state index contributed by atoms with van der Waals surface area (Å²) in [5.74, 6) is 5.90. The lowest BCUT2D eigenvalue weighted by molar-refractivity contribution is -0.175. The molecule has 114 valence electrons. The monoisotopic (exact) mass is 312 g/mol. The zero-order chi connectivity index (χ0) is 15.2. The van der Waals surface area contributed by atoms with Gasteiger partial charge in [0.1, 0.15) is 12.4 Å². The third-order valence-electron chi connectivity index (χ3n) is 2.53. The van der Waals surface area contributed by atoms with Crippen molar-refractivity contribution in [1.29, 1.82) is 0 Å². The van der Waals surface area contributed by atoms with Gasteiger partial charge in [0.25, 0.3) is 0 Å². The highest BCUT2D eigenvalue weighted by Gasteiger charge is 2.28. The third-order valence-corrected chi connectivity index (χ3v) is 2.76. The van der Waals surface area contributed by atoms with Gasteiger partial charge in [-0.2, -0.15) is 13.2 Å². The van der Waals surface area contributed by atoms with Crippen LogP contribution >= 0.6 is 11.6 Å². The fraction of sp³-hybridized carbons (Fsp3) is 0.500. The number of nitrogens with two attached hydrogens (primary N) is 1. The maximum atomic E-state index is 12.0. The molecule has 0 aliphatic heterocycles. The van der Waals surface area contributed by atoms with Crippen molar-refractivity contribution in [2.75, 3.05) is 20.3 Å². The quantitative estimate of drug-likeness (QED) is 0.599. The molecule has 0 spiro atoms. The summed E-state index contributed by atoms with van der Waals surface area (Å²) in [4.78, 5) is 0. The molecule has 4 nitrogen and oxygen atoms in total. The molecule has 0 aliphatic carbocycles. The molecular formula is C12H16ClF3N2O2. The van der Waals surface area contributed by atoms with Crippen LogP contribution in [0.1, 0.15) is 5.56 Å². The molecule has 0 radical (unpaired) electrons. The van der Waals surface area contributed by atoms with Crippen molar-refractivity contribution in [2.24, 2.45) is 5.84 Å². The normalized spacial score (nSPS) is 13.3. The molecule has 0 heterocycles. The summed E-state index contributed by atoms with van der Waals surface area (Å²) in [5, 5.41) is 0.507. The van der Waals surface area contributed by atoms with Gasteiger partial charge in [-0.3, -0.25) is 11.3 Å². The summed E-state index contributed by atoms with van der Waals surface area (Å²) in [6.07, 6.45) is -4.02. The summed E-state index contributed by atoms with van der Waals surface area (Å²) in [5.41, 5.74) is 3.15. The van der Waals surface area contributed by atoms with Crippen molar-refractivity contribution in [3.8, 4) is 5.75 Å². The molecule has 1 aromatic carbocycles. The number of hydrogen-bond donors (Lipinski definition) is 2. The van der Waals surface area contributed by atoms with Gasteiger partial charge in [-0.1, -0.05) is 11.6 Å². The van der Waals surface area contributed by atoms with Crippen LogP contribution in [0.3, 0.4) is 0 Å². The third kappa shape index (κ3) is 5.96. The molecule has 0 bridgehead atoms. The van der Waals surface area contributed by atoms with Gasteiger partial charge >= 0.3 is 6.18 Å². The number of ether oxygens (including phenoxy) is 2. The standard InChI is InChI=1S/C12H16ClF3N2O2/c1-19-11-3-2-9(13)4-8(11)5-10(18-17)6-20-7-12(14,15)16/h2-4,10,18H,5-7,17H2,1H3. The van der Waals surface area contributed by atoms with Gasteiger partial charge in [-0.25, -0.2) is 0 Å². The van der Waals surface area contributed by atoms with Gasteiger partial charge in [-0.15, -0.1) is 0 Å². The van der Waals surface area contributed by atoms with Crippen molar-refractivity contribution in [1.82, 2.24) is 5.43 Å². The number of hydrogen-bond acceptors (Lipinski definition) is 4. The molecule has 0 saturated carbocycles. The largest absolute Gasteiger partial charge is 0.496 e. The van der Waals surface area contributed by atoms with E-state index in [-0.39, 0.29) is 6.61 Å². The van der Waals surface area contributed by atoms with Gasteiger partial charge in [0.15, 0.2) is 0 Å². The van der Waals surface area contributed by atoms with E-state index in [1.165, 1.54) is 7.11 Å². The molecule has 0 amide bonds. The van der Waals surface area contributed by atoms with Crippen molar-refractivity contribution < 1.29 is 22.6 Å². The van der Waals surface area contributed by atoms with Crippen molar-refractivity contribution in [3.05, 3.63) is 28.8 Å². The molecule has 0 aliphatic rings. The summed E-state index contributed by atoms with van der Waals surface area (Å²) in [7, 11) is 1.50. The van der Waals surface area contributed by atoms with Gasteiger partial charge in [0.05, 0.1) is 13.7 Å². The van der Waals surface area contributed by atoms with Crippen LogP contribution in [0.15, 0.2) is 18.2 Å². The summed E-state index contributed by atoms with van der Waals surface area (Å²) >= 11 is 5.88. The van der Waals surface area contributed by atoms with Gasteiger partial charge in [0, 0.05) is 11.1 Å². The summed E-state index contributed by atoms with van der Waals surface area (Å²) in [6.45, 7) is -1.48. The van der Waals surface area contributed by atoms with Crippen LogP contribution in [0.25, 0.3) is 0 Å². The SMILES string of the molecule is COc1ccc(Cl)cc1CC(COCC(F)(F)F)NN. The highest BCUT2D eigenvalue weighted by molar-refractivity contribution is 6.30. The Hall–Kier alpha value is -1.02. The van der Waals surface area contributed by atoms with Crippen LogP contribution in [0.4, 0.5) is 13.2 Å². The molecule has 0 aromatic heterocycles. The molecule has 3 N–H and O–H groups in total. The Morgan fingerprint density at radius 3 is 2.65 bits per heavy atom. The van der Waals surface area contributed by atoms with E-state index in [1.54, 1.807) is 18.2 Å². The zero-order valence-corrected chi connectivity index (χ0v) is 11.6. The van der Waals surface area contributed by atoms with Crippen LogP contribution in [0.2, 0.25) is 5.02 Å². The van der Waals surface area contributed by atoms with Crippen molar-refractivity contribution in [2.45, 2.75) is 18.6 Å². The van der Waals surface area contributed by atoms with E-state index in [1.807, 2.05) is 0 Å². The zero-order valence-electron chi connectivity index (χ0n) is 10.8. The second-order valence-corrected chi connectivity index (χ2v) is 4.59.